The number of hydrogen-bond acceptors (Lipinski definition) is 4. The molecule has 0 unspecified atom stereocenters. The fourth-order valence-corrected chi connectivity index (χ4v) is 2.81. The van der Waals surface area contributed by atoms with E-state index in [4.69, 9.17) is 4.74 Å². The molecule has 4 nitrogen and oxygen atoms in total. The molecule has 1 saturated heterocycles. The van der Waals surface area contributed by atoms with Crippen LogP contribution in [0.25, 0.3) is 0 Å². The van der Waals surface area contributed by atoms with Crippen molar-refractivity contribution < 1.29 is 4.74 Å². The van der Waals surface area contributed by atoms with Crippen molar-refractivity contribution in [2.45, 2.75) is 45.8 Å². The Balaban J connectivity index is 1.80. The summed E-state index contributed by atoms with van der Waals surface area (Å²) in [7, 11) is 0. The van der Waals surface area contributed by atoms with Crippen LogP contribution < -0.4 is 10.6 Å². The molecule has 1 aromatic carbocycles. The molecule has 1 aliphatic rings. The number of nitrogens with zero attached hydrogens (tertiary/aromatic N) is 1. The van der Waals surface area contributed by atoms with Crippen LogP contribution >= 0.6 is 0 Å². The zero-order chi connectivity index (χ0) is 16.7. The van der Waals surface area contributed by atoms with Gasteiger partial charge in [-0.05, 0) is 25.0 Å². The van der Waals surface area contributed by atoms with Gasteiger partial charge in [0.25, 0.3) is 0 Å². The Kier molecular flexibility index (Phi) is 7.03. The SMILES string of the molecule is CC(C)NCc1ccc(C(C)(C)NCCN2CCOCC2)cc1. The molecule has 0 spiro atoms. The van der Waals surface area contributed by atoms with Crippen LogP contribution in [0.4, 0.5) is 0 Å². The smallest absolute Gasteiger partial charge is 0.0594 e. The van der Waals surface area contributed by atoms with Crippen molar-refractivity contribution in [3.05, 3.63) is 35.4 Å². The number of ether oxygens (including phenoxy) is 1. The molecular weight excluding hydrogens is 286 g/mol. The summed E-state index contributed by atoms with van der Waals surface area (Å²) in [5.74, 6) is 0. The molecule has 0 amide bonds. The Bertz CT molecular complexity index is 450. The first-order valence-corrected chi connectivity index (χ1v) is 8.85. The molecule has 0 atom stereocenters. The zero-order valence-electron chi connectivity index (χ0n) is 15.2. The third-order valence-electron chi connectivity index (χ3n) is 4.49. The topological polar surface area (TPSA) is 36.5 Å². The molecule has 0 aliphatic carbocycles. The number of morpholine rings is 1. The Morgan fingerprint density at radius 1 is 1.13 bits per heavy atom. The van der Waals surface area contributed by atoms with Crippen LogP contribution in [0, 0.1) is 0 Å². The number of hydrogen-bond donors (Lipinski definition) is 2. The van der Waals surface area contributed by atoms with Gasteiger partial charge in [0.15, 0.2) is 0 Å². The summed E-state index contributed by atoms with van der Waals surface area (Å²) < 4.78 is 5.39. The lowest BCUT2D eigenvalue weighted by molar-refractivity contribution is 0.0376. The molecule has 0 bridgehead atoms. The molecule has 1 heterocycles. The quantitative estimate of drug-likeness (QED) is 0.771. The second kappa shape index (κ2) is 8.78. The molecule has 0 radical (unpaired) electrons. The Labute approximate surface area is 141 Å². The third-order valence-corrected chi connectivity index (χ3v) is 4.49. The lowest BCUT2D eigenvalue weighted by Gasteiger charge is -2.31. The van der Waals surface area contributed by atoms with E-state index in [1.165, 1.54) is 11.1 Å². The number of rotatable bonds is 8. The van der Waals surface area contributed by atoms with Crippen molar-refractivity contribution >= 4 is 0 Å². The van der Waals surface area contributed by atoms with Crippen LogP contribution in [0.15, 0.2) is 24.3 Å². The first kappa shape index (κ1) is 18.4. The Hall–Kier alpha value is -0.940. The summed E-state index contributed by atoms with van der Waals surface area (Å²) in [6, 6.07) is 9.48. The fraction of sp³-hybridized carbons (Fsp3) is 0.684. The molecule has 130 valence electrons. The van der Waals surface area contributed by atoms with Gasteiger partial charge in [0.05, 0.1) is 13.2 Å². The van der Waals surface area contributed by atoms with Crippen molar-refractivity contribution in [3.63, 3.8) is 0 Å². The summed E-state index contributed by atoms with van der Waals surface area (Å²) in [5.41, 5.74) is 2.68. The number of benzene rings is 1. The van der Waals surface area contributed by atoms with E-state index in [2.05, 4.69) is 67.5 Å². The highest BCUT2D eigenvalue weighted by Crippen LogP contribution is 2.20. The van der Waals surface area contributed by atoms with Crippen LogP contribution in [0.1, 0.15) is 38.8 Å². The summed E-state index contributed by atoms with van der Waals surface area (Å²) in [6.45, 7) is 15.7. The predicted molar refractivity (Wildman–Crippen MR) is 96.7 cm³/mol. The van der Waals surface area contributed by atoms with Crippen LogP contribution in [-0.4, -0.2) is 50.3 Å². The molecule has 1 aliphatic heterocycles. The summed E-state index contributed by atoms with van der Waals surface area (Å²) >= 11 is 0. The average molecular weight is 319 g/mol. The molecule has 0 saturated carbocycles. The third kappa shape index (κ3) is 6.22. The van der Waals surface area contributed by atoms with Gasteiger partial charge in [0.1, 0.15) is 0 Å². The molecule has 1 fully saturated rings. The van der Waals surface area contributed by atoms with E-state index in [9.17, 15) is 0 Å². The van der Waals surface area contributed by atoms with Crippen molar-refractivity contribution in [1.29, 1.82) is 0 Å². The van der Waals surface area contributed by atoms with E-state index in [-0.39, 0.29) is 5.54 Å². The predicted octanol–water partition coefficient (Wildman–Crippen LogP) is 2.34. The van der Waals surface area contributed by atoms with E-state index in [1.807, 2.05) is 0 Å². The molecule has 2 N–H and O–H groups in total. The van der Waals surface area contributed by atoms with Crippen molar-refractivity contribution in [2.24, 2.45) is 0 Å². The minimum atomic E-state index is -0.00368. The van der Waals surface area contributed by atoms with Crippen LogP contribution in [0.2, 0.25) is 0 Å². The summed E-state index contributed by atoms with van der Waals surface area (Å²) in [4.78, 5) is 2.47. The highest BCUT2D eigenvalue weighted by atomic mass is 16.5. The lowest BCUT2D eigenvalue weighted by atomic mass is 9.93. The summed E-state index contributed by atoms with van der Waals surface area (Å²) in [5, 5.41) is 7.15. The van der Waals surface area contributed by atoms with Gasteiger partial charge in [-0.15, -0.1) is 0 Å². The molecule has 2 rings (SSSR count). The second-order valence-corrected chi connectivity index (χ2v) is 7.24. The maximum Gasteiger partial charge on any atom is 0.0594 e. The second-order valence-electron chi connectivity index (χ2n) is 7.24. The average Bonchev–Trinajstić information content (AvgIpc) is 2.54. The molecule has 1 aromatic rings. The minimum absolute atomic E-state index is 0.00368. The van der Waals surface area contributed by atoms with Crippen molar-refractivity contribution in [2.75, 3.05) is 39.4 Å². The summed E-state index contributed by atoms with van der Waals surface area (Å²) in [6.07, 6.45) is 0. The monoisotopic (exact) mass is 319 g/mol. The van der Waals surface area contributed by atoms with E-state index >= 15 is 0 Å². The number of nitrogens with one attached hydrogen (secondary N) is 2. The van der Waals surface area contributed by atoms with Gasteiger partial charge < -0.3 is 15.4 Å². The van der Waals surface area contributed by atoms with Gasteiger partial charge >= 0.3 is 0 Å². The van der Waals surface area contributed by atoms with Gasteiger partial charge in [-0.1, -0.05) is 38.1 Å². The molecular formula is C19H33N3O. The minimum Gasteiger partial charge on any atom is -0.379 e. The van der Waals surface area contributed by atoms with Gasteiger partial charge in [0.2, 0.25) is 0 Å². The van der Waals surface area contributed by atoms with Gasteiger partial charge in [0, 0.05) is 44.3 Å². The van der Waals surface area contributed by atoms with E-state index in [0.29, 0.717) is 6.04 Å². The van der Waals surface area contributed by atoms with Crippen molar-refractivity contribution in [1.82, 2.24) is 15.5 Å². The maximum atomic E-state index is 5.39. The van der Waals surface area contributed by atoms with Crippen LogP contribution in [0.5, 0.6) is 0 Å². The van der Waals surface area contributed by atoms with Crippen molar-refractivity contribution in [3.8, 4) is 0 Å². The molecule has 23 heavy (non-hydrogen) atoms. The Morgan fingerprint density at radius 2 is 1.78 bits per heavy atom. The van der Waals surface area contributed by atoms with Crippen LogP contribution in [-0.2, 0) is 16.8 Å². The highest BCUT2D eigenvalue weighted by molar-refractivity contribution is 5.27. The first-order chi connectivity index (χ1) is 11.0. The first-order valence-electron chi connectivity index (χ1n) is 8.85. The molecule has 0 aromatic heterocycles. The normalized spacial score (nSPS) is 16.9. The van der Waals surface area contributed by atoms with E-state index < -0.39 is 0 Å². The van der Waals surface area contributed by atoms with E-state index in [0.717, 1.165) is 45.9 Å². The largest absolute Gasteiger partial charge is 0.379 e. The standard InChI is InChI=1S/C19H33N3O/c1-16(2)20-15-17-5-7-18(8-6-17)19(3,4)21-9-10-22-11-13-23-14-12-22/h5-8,16,20-21H,9-15H2,1-4H3. The molecule has 4 heteroatoms. The fourth-order valence-electron chi connectivity index (χ4n) is 2.81. The zero-order valence-corrected chi connectivity index (χ0v) is 15.2. The van der Waals surface area contributed by atoms with Gasteiger partial charge in [-0.25, -0.2) is 0 Å². The highest BCUT2D eigenvalue weighted by Gasteiger charge is 2.20. The van der Waals surface area contributed by atoms with Gasteiger partial charge in [-0.2, -0.15) is 0 Å². The van der Waals surface area contributed by atoms with Gasteiger partial charge in [-0.3, -0.25) is 4.90 Å². The van der Waals surface area contributed by atoms with E-state index in [1.54, 1.807) is 0 Å². The van der Waals surface area contributed by atoms with Crippen LogP contribution in [0.3, 0.4) is 0 Å². The Morgan fingerprint density at radius 3 is 2.39 bits per heavy atom. The lowest BCUT2D eigenvalue weighted by Crippen LogP contribution is -2.44. The maximum absolute atomic E-state index is 5.39.